The molecule has 0 spiro atoms. The molecule has 0 aromatic rings. The molecule has 1 saturated heterocycles. The van der Waals surface area contributed by atoms with Gasteiger partial charge in [-0.05, 0) is 47.5 Å². The average Bonchev–Trinajstić information content (AvgIpc) is 2.33. The van der Waals surface area contributed by atoms with Gasteiger partial charge in [-0.3, -0.25) is 10.1 Å². The zero-order chi connectivity index (χ0) is 14.2. The Morgan fingerprint density at radius 3 is 2.33 bits per heavy atom. The summed E-state index contributed by atoms with van der Waals surface area (Å²) in [5, 5.41) is 12.7. The van der Waals surface area contributed by atoms with E-state index in [1.54, 1.807) is 6.92 Å². The molecule has 2 unspecified atom stereocenters. The topological polar surface area (TPSA) is 58.6 Å². The Labute approximate surface area is 110 Å². The van der Waals surface area contributed by atoms with E-state index in [0.717, 1.165) is 12.8 Å². The highest BCUT2D eigenvalue weighted by molar-refractivity contribution is 5.78. The second-order valence-corrected chi connectivity index (χ2v) is 6.75. The van der Waals surface area contributed by atoms with Crippen LogP contribution in [0.5, 0.6) is 0 Å². The van der Waals surface area contributed by atoms with Crippen molar-refractivity contribution in [1.29, 1.82) is 0 Å². The zero-order valence-corrected chi connectivity index (χ0v) is 12.5. The van der Waals surface area contributed by atoms with Crippen LogP contribution >= 0.6 is 0 Å². The minimum absolute atomic E-state index is 0.0557. The molecule has 0 bridgehead atoms. The molecule has 2 atom stereocenters. The van der Waals surface area contributed by atoms with Crippen LogP contribution in [0.15, 0.2) is 0 Å². The fraction of sp³-hybridized carbons (Fsp3) is 0.929. The number of carboxylic acids is 1. The molecule has 1 fully saturated rings. The van der Waals surface area contributed by atoms with E-state index in [2.05, 4.69) is 5.32 Å². The average molecular weight is 257 g/mol. The number of carboxylic acid groups (broad SMARTS) is 1. The predicted octanol–water partition coefficient (Wildman–Crippen LogP) is 2.57. The van der Waals surface area contributed by atoms with Crippen LogP contribution in [0.25, 0.3) is 0 Å². The molecule has 1 rings (SSSR count). The summed E-state index contributed by atoms with van der Waals surface area (Å²) in [4.78, 5) is 11.5. The third-order valence-corrected chi connectivity index (χ3v) is 3.79. The molecule has 1 aliphatic rings. The first-order valence-corrected chi connectivity index (χ1v) is 6.74. The summed E-state index contributed by atoms with van der Waals surface area (Å²) < 4.78 is 6.00. The molecule has 4 heteroatoms. The van der Waals surface area contributed by atoms with Crippen LogP contribution in [0.4, 0.5) is 0 Å². The Balaban J connectivity index is 2.85. The van der Waals surface area contributed by atoms with Gasteiger partial charge in [0.2, 0.25) is 0 Å². The standard InChI is InChI=1S/C14H27NO3/c1-7-8-14(6,11(16)17)15-10-9-12(2,3)18-13(10,4)5/h10,15H,7-9H2,1-6H3,(H,16,17). The van der Waals surface area contributed by atoms with Gasteiger partial charge in [0, 0.05) is 6.04 Å². The van der Waals surface area contributed by atoms with Crippen LogP contribution in [0.2, 0.25) is 0 Å². The highest BCUT2D eigenvalue weighted by Crippen LogP contribution is 2.38. The Kier molecular flexibility index (Phi) is 4.13. The van der Waals surface area contributed by atoms with Gasteiger partial charge >= 0.3 is 5.97 Å². The summed E-state index contributed by atoms with van der Waals surface area (Å²) in [6, 6.07) is 0.0557. The highest BCUT2D eigenvalue weighted by Gasteiger charge is 2.49. The second kappa shape index (κ2) is 4.82. The van der Waals surface area contributed by atoms with Crippen LogP contribution < -0.4 is 5.32 Å². The zero-order valence-electron chi connectivity index (χ0n) is 12.5. The predicted molar refractivity (Wildman–Crippen MR) is 71.7 cm³/mol. The fourth-order valence-electron chi connectivity index (χ4n) is 2.91. The Bertz CT molecular complexity index is 325. The van der Waals surface area contributed by atoms with Crippen LogP contribution in [0.3, 0.4) is 0 Å². The number of carbonyl (C=O) groups is 1. The van der Waals surface area contributed by atoms with Crippen molar-refractivity contribution < 1.29 is 14.6 Å². The van der Waals surface area contributed by atoms with E-state index >= 15 is 0 Å². The van der Waals surface area contributed by atoms with Gasteiger partial charge in [-0.1, -0.05) is 13.3 Å². The lowest BCUT2D eigenvalue weighted by Gasteiger charge is -2.35. The lowest BCUT2D eigenvalue weighted by Crippen LogP contribution is -2.58. The van der Waals surface area contributed by atoms with Crippen LogP contribution in [-0.4, -0.2) is 33.9 Å². The van der Waals surface area contributed by atoms with Crippen molar-refractivity contribution in [3.63, 3.8) is 0 Å². The van der Waals surface area contributed by atoms with E-state index in [0.29, 0.717) is 6.42 Å². The molecule has 0 aromatic carbocycles. The minimum atomic E-state index is -0.875. The van der Waals surface area contributed by atoms with E-state index in [9.17, 15) is 9.90 Å². The van der Waals surface area contributed by atoms with E-state index < -0.39 is 11.5 Å². The number of aliphatic carboxylic acids is 1. The third-order valence-electron chi connectivity index (χ3n) is 3.79. The van der Waals surface area contributed by atoms with E-state index in [1.165, 1.54) is 0 Å². The lowest BCUT2D eigenvalue weighted by atomic mass is 9.88. The van der Waals surface area contributed by atoms with Gasteiger partial charge in [-0.25, -0.2) is 0 Å². The molecular weight excluding hydrogens is 230 g/mol. The molecule has 0 aliphatic carbocycles. The molecule has 2 N–H and O–H groups in total. The second-order valence-electron chi connectivity index (χ2n) is 6.75. The quantitative estimate of drug-likeness (QED) is 0.794. The Morgan fingerprint density at radius 2 is 2.00 bits per heavy atom. The maximum absolute atomic E-state index is 11.5. The normalized spacial score (nSPS) is 28.9. The van der Waals surface area contributed by atoms with E-state index in [-0.39, 0.29) is 17.2 Å². The number of ether oxygens (including phenoxy) is 1. The van der Waals surface area contributed by atoms with Crippen molar-refractivity contribution in [2.45, 2.75) is 83.6 Å². The van der Waals surface area contributed by atoms with Crippen molar-refractivity contribution in [3.8, 4) is 0 Å². The maximum atomic E-state index is 11.5. The first-order valence-electron chi connectivity index (χ1n) is 6.74. The number of rotatable bonds is 5. The Morgan fingerprint density at radius 1 is 1.44 bits per heavy atom. The summed E-state index contributed by atoms with van der Waals surface area (Å²) in [6.45, 7) is 11.9. The van der Waals surface area contributed by atoms with Gasteiger partial charge in [0.25, 0.3) is 0 Å². The molecule has 106 valence electrons. The van der Waals surface area contributed by atoms with Gasteiger partial charge in [0.15, 0.2) is 0 Å². The van der Waals surface area contributed by atoms with Gasteiger partial charge < -0.3 is 9.84 Å². The van der Waals surface area contributed by atoms with Crippen molar-refractivity contribution in [1.82, 2.24) is 5.32 Å². The smallest absolute Gasteiger partial charge is 0.323 e. The number of hydrogen-bond acceptors (Lipinski definition) is 3. The van der Waals surface area contributed by atoms with Gasteiger partial charge in [-0.15, -0.1) is 0 Å². The summed E-state index contributed by atoms with van der Waals surface area (Å²) >= 11 is 0. The van der Waals surface area contributed by atoms with Crippen molar-refractivity contribution >= 4 is 5.97 Å². The minimum Gasteiger partial charge on any atom is -0.480 e. The fourth-order valence-corrected chi connectivity index (χ4v) is 2.91. The molecular formula is C14H27NO3. The van der Waals surface area contributed by atoms with Crippen molar-refractivity contribution in [2.75, 3.05) is 0 Å². The van der Waals surface area contributed by atoms with Crippen LogP contribution in [0, 0.1) is 0 Å². The summed E-state index contributed by atoms with van der Waals surface area (Å²) in [6.07, 6.45) is 2.29. The monoisotopic (exact) mass is 257 g/mol. The molecule has 18 heavy (non-hydrogen) atoms. The lowest BCUT2D eigenvalue weighted by molar-refractivity contribution is -0.145. The first-order chi connectivity index (χ1) is 8.02. The molecule has 0 amide bonds. The molecule has 0 aromatic heterocycles. The SMILES string of the molecule is CCCC(C)(NC1CC(C)(C)OC1(C)C)C(=O)O. The first kappa shape index (κ1) is 15.4. The summed E-state index contributed by atoms with van der Waals surface area (Å²) in [5.41, 5.74) is -1.42. The summed E-state index contributed by atoms with van der Waals surface area (Å²) in [5.74, 6) is -0.787. The van der Waals surface area contributed by atoms with Gasteiger partial charge in [-0.2, -0.15) is 0 Å². The largest absolute Gasteiger partial charge is 0.480 e. The Hall–Kier alpha value is -0.610. The highest BCUT2D eigenvalue weighted by atomic mass is 16.5. The van der Waals surface area contributed by atoms with E-state index in [1.807, 2.05) is 34.6 Å². The number of nitrogens with one attached hydrogen (secondary N) is 1. The molecule has 0 radical (unpaired) electrons. The van der Waals surface area contributed by atoms with Crippen molar-refractivity contribution in [2.24, 2.45) is 0 Å². The van der Waals surface area contributed by atoms with Gasteiger partial charge in [0.1, 0.15) is 5.54 Å². The maximum Gasteiger partial charge on any atom is 0.323 e. The third kappa shape index (κ3) is 3.23. The molecule has 1 heterocycles. The molecule has 4 nitrogen and oxygen atoms in total. The van der Waals surface area contributed by atoms with Gasteiger partial charge in [0.05, 0.1) is 11.2 Å². The molecule has 0 saturated carbocycles. The van der Waals surface area contributed by atoms with Crippen molar-refractivity contribution in [3.05, 3.63) is 0 Å². The van der Waals surface area contributed by atoms with Crippen LogP contribution in [-0.2, 0) is 9.53 Å². The van der Waals surface area contributed by atoms with E-state index in [4.69, 9.17) is 4.74 Å². The number of hydrogen-bond donors (Lipinski definition) is 2. The summed E-state index contributed by atoms with van der Waals surface area (Å²) in [7, 11) is 0. The molecule has 1 aliphatic heterocycles. The van der Waals surface area contributed by atoms with Crippen LogP contribution in [0.1, 0.15) is 60.8 Å².